The van der Waals surface area contributed by atoms with Crippen molar-refractivity contribution in [3.05, 3.63) is 50.8 Å². The molecule has 7 nitrogen and oxygen atoms in total. The number of fused-ring (bicyclic) bond motifs is 2. The third-order valence-electron chi connectivity index (χ3n) is 3.42. The lowest BCUT2D eigenvalue weighted by molar-refractivity contribution is -0.591. The topological polar surface area (TPSA) is 83.4 Å². The van der Waals surface area contributed by atoms with E-state index < -0.39 is 6.09 Å². The summed E-state index contributed by atoms with van der Waals surface area (Å²) in [6, 6.07) is 7.01. The van der Waals surface area contributed by atoms with E-state index in [0.29, 0.717) is 9.46 Å². The Bertz CT molecular complexity index is 992. The third kappa shape index (κ3) is 2.51. The number of carbonyl (C=O) groups is 1. The van der Waals surface area contributed by atoms with E-state index in [1.807, 2.05) is 0 Å². The van der Waals surface area contributed by atoms with E-state index >= 15 is 0 Å². The van der Waals surface area contributed by atoms with Gasteiger partial charge < -0.3 is 20.1 Å². The van der Waals surface area contributed by atoms with E-state index in [-0.39, 0.29) is 37.9 Å². The number of halogens is 2. The molecule has 0 radical (unpaired) electrons. The van der Waals surface area contributed by atoms with Crippen LogP contribution in [0.25, 0.3) is 22.1 Å². The summed E-state index contributed by atoms with van der Waals surface area (Å²) in [6.45, 7) is 0. The Morgan fingerprint density at radius 2 is 1.62 bits per heavy atom. The van der Waals surface area contributed by atoms with Crippen LogP contribution in [-0.2, 0) is 0 Å². The Morgan fingerprint density at radius 1 is 1.04 bits per heavy atom. The maximum absolute atomic E-state index is 12.7. The molecule has 2 aromatic carbocycles. The number of rotatable bonds is 1. The molecular weight excluding hydrogens is 357 g/mol. The van der Waals surface area contributed by atoms with Gasteiger partial charge in [0.2, 0.25) is 5.75 Å². The maximum atomic E-state index is 12.7. The molecule has 0 aliphatic carbocycles. The zero-order valence-electron chi connectivity index (χ0n) is 12.6. The molecule has 0 unspecified atom stereocenters. The van der Waals surface area contributed by atoms with Crippen molar-refractivity contribution in [2.75, 3.05) is 14.1 Å². The molecule has 0 aliphatic heterocycles. The van der Waals surface area contributed by atoms with E-state index in [9.17, 15) is 15.2 Å². The Labute approximate surface area is 146 Å². The number of para-hydroxylation sites is 1. The summed E-state index contributed by atoms with van der Waals surface area (Å²) >= 11 is 11.9. The minimum absolute atomic E-state index is 0.0141. The lowest BCUT2D eigenvalue weighted by Crippen LogP contribution is -2.40. The van der Waals surface area contributed by atoms with Crippen LogP contribution in [0.15, 0.2) is 30.3 Å². The first-order valence-electron chi connectivity index (χ1n) is 6.77. The minimum Gasteiger partial charge on any atom is -0.617 e. The van der Waals surface area contributed by atoms with Gasteiger partial charge in [-0.15, -0.1) is 0 Å². The van der Waals surface area contributed by atoms with Gasteiger partial charge >= 0.3 is 11.6 Å². The molecule has 0 saturated heterocycles. The van der Waals surface area contributed by atoms with Gasteiger partial charge in [0, 0.05) is 32.3 Å². The fourth-order valence-electron chi connectivity index (χ4n) is 2.25. The summed E-state index contributed by atoms with van der Waals surface area (Å²) in [5.74, 6) is -0.0289. The van der Waals surface area contributed by atoms with Crippen LogP contribution in [0, 0.1) is 10.4 Å². The molecule has 124 valence electrons. The van der Waals surface area contributed by atoms with E-state index in [0.717, 1.165) is 0 Å². The highest BCUT2D eigenvalue weighted by Crippen LogP contribution is 2.28. The molecule has 1 amide bonds. The summed E-state index contributed by atoms with van der Waals surface area (Å²) in [6.07, 6.45) is -0.672. The smallest absolute Gasteiger partial charge is 0.414 e. The summed E-state index contributed by atoms with van der Waals surface area (Å²) < 4.78 is 6.23. The van der Waals surface area contributed by atoms with E-state index in [1.165, 1.54) is 49.3 Å². The van der Waals surface area contributed by atoms with Crippen LogP contribution in [0.4, 0.5) is 4.79 Å². The average Bonchev–Trinajstić information content (AvgIpc) is 2.54. The normalized spacial score (nSPS) is 11.0. The monoisotopic (exact) mass is 367 g/mol. The van der Waals surface area contributed by atoms with Gasteiger partial charge in [0.15, 0.2) is 0 Å². The van der Waals surface area contributed by atoms with Crippen LogP contribution in [0.5, 0.6) is 5.75 Å². The molecule has 0 spiro atoms. The first kappa shape index (κ1) is 16.4. The van der Waals surface area contributed by atoms with Crippen molar-refractivity contribution in [1.82, 2.24) is 4.90 Å². The number of carbonyl (C=O) groups excluding carboxylic acids is 1. The molecule has 0 saturated carbocycles. The summed E-state index contributed by atoms with van der Waals surface area (Å²) in [4.78, 5) is 13.0. The molecule has 1 heterocycles. The molecule has 9 heteroatoms. The molecule has 0 atom stereocenters. The van der Waals surface area contributed by atoms with Crippen LogP contribution in [0.2, 0.25) is 10.0 Å². The molecule has 0 fully saturated rings. The summed E-state index contributed by atoms with van der Waals surface area (Å²) in [7, 11) is 3.01. The molecule has 3 rings (SSSR count). The standard InChI is InChI=1S/C15H11Cl2N3O4/c1-18(2)15(21)24-13-5-3-4-10-14(13)20(23)12-7-9(17)8(16)6-11(12)19(10)22/h3-7H,1-2H3. The molecule has 0 bridgehead atoms. The van der Waals surface area contributed by atoms with E-state index in [2.05, 4.69) is 0 Å². The Balaban J connectivity index is 2.38. The van der Waals surface area contributed by atoms with Crippen molar-refractivity contribution in [1.29, 1.82) is 0 Å². The maximum Gasteiger partial charge on any atom is 0.414 e. The zero-order valence-corrected chi connectivity index (χ0v) is 14.1. The molecule has 0 N–H and O–H groups in total. The number of ether oxygens (including phenoxy) is 1. The molecule has 24 heavy (non-hydrogen) atoms. The zero-order chi connectivity index (χ0) is 17.6. The van der Waals surface area contributed by atoms with Gasteiger partial charge in [0.05, 0.1) is 10.0 Å². The van der Waals surface area contributed by atoms with Gasteiger partial charge in [-0.3, -0.25) is 0 Å². The quantitative estimate of drug-likeness (QED) is 0.376. The van der Waals surface area contributed by atoms with Gasteiger partial charge in [0.1, 0.15) is 0 Å². The summed E-state index contributed by atoms with van der Waals surface area (Å²) in [5, 5.41) is 25.6. The SMILES string of the molecule is CN(C)C(=O)Oc1cccc2c1[n+]([O-])c1cc(Cl)c(Cl)cc1[n+]2[O-]. The van der Waals surface area contributed by atoms with Crippen LogP contribution >= 0.6 is 23.2 Å². The van der Waals surface area contributed by atoms with E-state index in [1.54, 1.807) is 0 Å². The van der Waals surface area contributed by atoms with Crippen molar-refractivity contribution in [3.63, 3.8) is 0 Å². The second kappa shape index (κ2) is 5.85. The third-order valence-corrected chi connectivity index (χ3v) is 4.14. The Hall–Kier alpha value is -2.51. The number of amides is 1. The largest absolute Gasteiger partial charge is 0.617 e. The van der Waals surface area contributed by atoms with Gasteiger partial charge in [-0.1, -0.05) is 29.3 Å². The van der Waals surface area contributed by atoms with E-state index in [4.69, 9.17) is 27.9 Å². The Morgan fingerprint density at radius 3 is 2.21 bits per heavy atom. The molecule has 3 aromatic rings. The van der Waals surface area contributed by atoms with Crippen molar-refractivity contribution >= 4 is 51.4 Å². The highest BCUT2D eigenvalue weighted by atomic mass is 35.5. The minimum atomic E-state index is -0.672. The van der Waals surface area contributed by atoms with Gasteiger partial charge in [0.25, 0.3) is 16.6 Å². The second-order valence-corrected chi connectivity index (χ2v) is 6.04. The number of hydrogen-bond acceptors (Lipinski definition) is 4. The first-order valence-corrected chi connectivity index (χ1v) is 7.52. The average molecular weight is 368 g/mol. The predicted octanol–water partition coefficient (Wildman–Crippen LogP) is 2.63. The van der Waals surface area contributed by atoms with Crippen molar-refractivity contribution in [2.45, 2.75) is 0 Å². The van der Waals surface area contributed by atoms with Gasteiger partial charge in [-0.25, -0.2) is 4.79 Å². The van der Waals surface area contributed by atoms with Crippen molar-refractivity contribution in [2.24, 2.45) is 0 Å². The molecular formula is C15H11Cl2N3O4. The number of hydrogen-bond donors (Lipinski definition) is 0. The highest BCUT2D eigenvalue weighted by Gasteiger charge is 2.27. The number of nitrogens with zero attached hydrogens (tertiary/aromatic N) is 3. The fourth-order valence-corrected chi connectivity index (χ4v) is 2.56. The summed E-state index contributed by atoms with van der Waals surface area (Å²) in [5.41, 5.74) is 0.0387. The van der Waals surface area contributed by atoms with Gasteiger partial charge in [-0.2, -0.15) is 9.46 Å². The second-order valence-electron chi connectivity index (χ2n) is 5.23. The van der Waals surface area contributed by atoms with Crippen molar-refractivity contribution < 1.29 is 19.0 Å². The lowest BCUT2D eigenvalue weighted by atomic mass is 10.2. The Kier molecular flexibility index (Phi) is 3.98. The lowest BCUT2D eigenvalue weighted by Gasteiger charge is -2.13. The van der Waals surface area contributed by atoms with Gasteiger partial charge in [-0.05, 0) is 6.07 Å². The van der Waals surface area contributed by atoms with Crippen LogP contribution in [0.1, 0.15) is 0 Å². The first-order chi connectivity index (χ1) is 11.3. The van der Waals surface area contributed by atoms with Crippen LogP contribution in [0.3, 0.4) is 0 Å². The number of aromatic nitrogens is 2. The van der Waals surface area contributed by atoms with Crippen molar-refractivity contribution in [3.8, 4) is 5.75 Å². The number of benzene rings is 2. The predicted molar refractivity (Wildman–Crippen MR) is 89.1 cm³/mol. The van der Waals surface area contributed by atoms with Crippen LogP contribution < -0.4 is 14.2 Å². The fraction of sp³-hybridized carbons (Fsp3) is 0.133. The molecule has 0 aliphatic rings. The molecule has 1 aromatic heterocycles. The highest BCUT2D eigenvalue weighted by molar-refractivity contribution is 6.42. The van der Waals surface area contributed by atoms with Crippen LogP contribution in [-0.4, -0.2) is 25.1 Å².